The lowest BCUT2D eigenvalue weighted by Gasteiger charge is -2.35. The Morgan fingerprint density at radius 2 is 2.03 bits per heavy atom. The number of piperidine rings is 1. The highest BCUT2D eigenvalue weighted by molar-refractivity contribution is 5.82. The first-order valence-electron chi connectivity index (χ1n) is 11.5. The van der Waals surface area contributed by atoms with Gasteiger partial charge in [0, 0.05) is 42.5 Å². The smallest absolute Gasteiger partial charge is 0.148 e. The van der Waals surface area contributed by atoms with Gasteiger partial charge in [0.1, 0.15) is 17.5 Å². The first-order valence-corrected chi connectivity index (χ1v) is 11.5. The number of halogens is 1. The second kappa shape index (κ2) is 9.74. The molecule has 176 valence electrons. The zero-order chi connectivity index (χ0) is 23.5. The number of rotatable bonds is 7. The van der Waals surface area contributed by atoms with Gasteiger partial charge in [-0.25, -0.2) is 19.0 Å². The number of nitrogens with zero attached hydrogens (tertiary/aromatic N) is 5. The summed E-state index contributed by atoms with van der Waals surface area (Å²) >= 11 is 0. The Bertz CT molecular complexity index is 1290. The van der Waals surface area contributed by atoms with Crippen LogP contribution in [-0.4, -0.2) is 57.1 Å². The average Bonchev–Trinajstić information content (AvgIpc) is 3.30. The van der Waals surface area contributed by atoms with E-state index in [9.17, 15) is 9.50 Å². The van der Waals surface area contributed by atoms with Gasteiger partial charge < -0.3 is 20.6 Å². The van der Waals surface area contributed by atoms with Gasteiger partial charge in [-0.3, -0.25) is 0 Å². The molecule has 1 aliphatic rings. The molecule has 34 heavy (non-hydrogen) atoms. The maximum Gasteiger partial charge on any atom is 0.148 e. The molecule has 1 aliphatic heterocycles. The fourth-order valence-electron chi connectivity index (χ4n) is 4.39. The summed E-state index contributed by atoms with van der Waals surface area (Å²) in [6.45, 7) is 4.42. The molecular formula is C25H28FN7O. The molecule has 0 radical (unpaired) electrons. The van der Waals surface area contributed by atoms with Crippen LogP contribution in [-0.2, 0) is 0 Å². The number of pyridine rings is 2. The first-order chi connectivity index (χ1) is 16.6. The van der Waals surface area contributed by atoms with E-state index in [1.54, 1.807) is 29.2 Å². The molecule has 0 saturated carbocycles. The van der Waals surface area contributed by atoms with Gasteiger partial charge in [-0.2, -0.15) is 5.10 Å². The molecule has 3 aromatic heterocycles. The van der Waals surface area contributed by atoms with Crippen molar-refractivity contribution < 1.29 is 9.50 Å². The van der Waals surface area contributed by atoms with Crippen LogP contribution in [0.3, 0.4) is 0 Å². The predicted molar refractivity (Wildman–Crippen MR) is 131 cm³/mol. The zero-order valence-corrected chi connectivity index (χ0v) is 19.1. The van der Waals surface area contributed by atoms with Gasteiger partial charge in [0.25, 0.3) is 0 Å². The molecule has 3 N–H and O–H groups in total. The van der Waals surface area contributed by atoms with Gasteiger partial charge in [0.05, 0.1) is 29.2 Å². The Morgan fingerprint density at radius 1 is 1.18 bits per heavy atom. The van der Waals surface area contributed by atoms with Crippen molar-refractivity contribution in [2.24, 2.45) is 0 Å². The van der Waals surface area contributed by atoms with Crippen molar-refractivity contribution in [3.8, 4) is 5.69 Å². The van der Waals surface area contributed by atoms with Crippen molar-refractivity contribution in [1.29, 1.82) is 0 Å². The molecule has 0 spiro atoms. The molecule has 4 heterocycles. The lowest BCUT2D eigenvalue weighted by Crippen LogP contribution is -2.44. The molecule has 1 aromatic carbocycles. The highest BCUT2D eigenvalue weighted by Gasteiger charge is 2.22. The second-order valence-corrected chi connectivity index (χ2v) is 8.52. The Kier molecular flexibility index (Phi) is 6.37. The van der Waals surface area contributed by atoms with Gasteiger partial charge in [-0.05, 0) is 63.2 Å². The molecular weight excluding hydrogens is 433 g/mol. The maximum absolute atomic E-state index is 14.8. The van der Waals surface area contributed by atoms with Gasteiger partial charge in [0.15, 0.2) is 0 Å². The van der Waals surface area contributed by atoms with Crippen molar-refractivity contribution in [1.82, 2.24) is 25.1 Å². The van der Waals surface area contributed by atoms with Crippen LogP contribution >= 0.6 is 0 Å². The van der Waals surface area contributed by atoms with Crippen LogP contribution in [0, 0.1) is 12.7 Å². The summed E-state index contributed by atoms with van der Waals surface area (Å²) in [5.41, 5.74) is 2.60. The highest BCUT2D eigenvalue weighted by Crippen LogP contribution is 2.26. The van der Waals surface area contributed by atoms with Crippen LogP contribution in [0.1, 0.15) is 18.5 Å². The number of anilines is 3. The van der Waals surface area contributed by atoms with Crippen molar-refractivity contribution in [2.45, 2.75) is 25.8 Å². The number of fused-ring (bicyclic) bond motifs is 1. The lowest BCUT2D eigenvalue weighted by atomic mass is 10.0. The van der Waals surface area contributed by atoms with E-state index in [0.29, 0.717) is 29.8 Å². The molecule has 0 atom stereocenters. The molecule has 0 aliphatic carbocycles. The summed E-state index contributed by atoms with van der Waals surface area (Å²) in [5.74, 6) is 0.944. The largest absolute Gasteiger partial charge is 0.395 e. The third-order valence-electron chi connectivity index (χ3n) is 6.15. The Morgan fingerprint density at radius 3 is 2.76 bits per heavy atom. The summed E-state index contributed by atoms with van der Waals surface area (Å²) in [5, 5.41) is 21.3. The van der Waals surface area contributed by atoms with E-state index in [4.69, 9.17) is 4.98 Å². The molecule has 5 rings (SSSR count). The van der Waals surface area contributed by atoms with Crippen LogP contribution in [0.15, 0.2) is 54.9 Å². The summed E-state index contributed by atoms with van der Waals surface area (Å²) in [4.78, 5) is 11.5. The van der Waals surface area contributed by atoms with Gasteiger partial charge >= 0.3 is 0 Å². The molecule has 1 saturated heterocycles. The second-order valence-electron chi connectivity index (χ2n) is 8.52. The Labute approximate surface area is 197 Å². The third kappa shape index (κ3) is 4.71. The summed E-state index contributed by atoms with van der Waals surface area (Å²) in [6.07, 6.45) is 5.55. The van der Waals surface area contributed by atoms with E-state index in [2.05, 4.69) is 25.6 Å². The minimum Gasteiger partial charge on any atom is -0.395 e. The van der Waals surface area contributed by atoms with Crippen LogP contribution in [0.25, 0.3) is 16.6 Å². The monoisotopic (exact) mass is 461 g/mol. The van der Waals surface area contributed by atoms with Crippen LogP contribution < -0.4 is 15.5 Å². The van der Waals surface area contributed by atoms with Crippen LogP contribution in [0.5, 0.6) is 0 Å². The van der Waals surface area contributed by atoms with Crippen molar-refractivity contribution >= 4 is 28.2 Å². The van der Waals surface area contributed by atoms with Crippen LogP contribution in [0.4, 0.5) is 21.7 Å². The normalized spacial score (nSPS) is 14.4. The third-order valence-corrected chi connectivity index (χ3v) is 6.15. The van der Waals surface area contributed by atoms with Crippen molar-refractivity contribution in [3.63, 3.8) is 0 Å². The van der Waals surface area contributed by atoms with E-state index >= 15 is 0 Å². The molecule has 9 heteroatoms. The molecule has 0 amide bonds. The van der Waals surface area contributed by atoms with E-state index in [1.807, 2.05) is 31.2 Å². The number of aliphatic hydroxyl groups excluding tert-OH is 1. The number of aryl methyl sites for hydroxylation is 1. The van der Waals surface area contributed by atoms with Gasteiger partial charge in [-0.15, -0.1) is 0 Å². The molecule has 1 fully saturated rings. The number of hydrogen-bond donors (Lipinski definition) is 3. The van der Waals surface area contributed by atoms with Gasteiger partial charge in [-0.1, -0.05) is 0 Å². The number of benzene rings is 1. The number of aliphatic hydroxyl groups is 1. The topological polar surface area (TPSA) is 91.1 Å². The highest BCUT2D eigenvalue weighted by atomic mass is 19.1. The summed E-state index contributed by atoms with van der Waals surface area (Å²) in [6, 6.07) is 12.9. The Hall–Kier alpha value is -3.56. The van der Waals surface area contributed by atoms with Gasteiger partial charge in [0.2, 0.25) is 0 Å². The lowest BCUT2D eigenvalue weighted by molar-refractivity contribution is 0.291. The SMILES string of the molecule is Cc1ccn(-c2ccc(Nc3cc4nc(N(CCO)C5CCNCC5)ccc4cn3)c(F)c2)n1. The van der Waals surface area contributed by atoms with E-state index in [1.165, 1.54) is 6.07 Å². The van der Waals surface area contributed by atoms with Crippen molar-refractivity contribution in [3.05, 3.63) is 66.4 Å². The maximum atomic E-state index is 14.8. The quantitative estimate of drug-likeness (QED) is 0.388. The minimum absolute atomic E-state index is 0.0696. The zero-order valence-electron chi connectivity index (χ0n) is 19.1. The first kappa shape index (κ1) is 22.2. The van der Waals surface area contributed by atoms with Crippen molar-refractivity contribution in [2.75, 3.05) is 36.5 Å². The summed E-state index contributed by atoms with van der Waals surface area (Å²) < 4.78 is 16.5. The minimum atomic E-state index is -0.394. The molecule has 0 bridgehead atoms. The average molecular weight is 462 g/mol. The fraction of sp³-hybridized carbons (Fsp3) is 0.320. The number of hydrogen-bond acceptors (Lipinski definition) is 7. The van der Waals surface area contributed by atoms with E-state index in [-0.39, 0.29) is 6.61 Å². The fourth-order valence-corrected chi connectivity index (χ4v) is 4.39. The molecule has 4 aromatic rings. The molecule has 8 nitrogen and oxygen atoms in total. The molecule has 0 unspecified atom stereocenters. The van der Waals surface area contributed by atoms with Crippen LogP contribution in [0.2, 0.25) is 0 Å². The van der Waals surface area contributed by atoms with E-state index < -0.39 is 5.82 Å². The Balaban J connectivity index is 1.40. The van der Waals surface area contributed by atoms with E-state index in [0.717, 1.165) is 48.3 Å². The predicted octanol–water partition coefficient (Wildman–Crippen LogP) is 3.56. The number of nitrogens with one attached hydrogen (secondary N) is 2. The standard InChI is InChI=1S/C25H28FN7O/c1-17-8-11-33(31-17)20-3-4-22(21(26)14-20)29-24-15-23-18(16-28-24)2-5-25(30-23)32(12-13-34)19-6-9-27-10-7-19/h2-5,8,11,14-16,19,27,34H,6-7,9-10,12-13H2,1H3,(H,28,29). The summed E-state index contributed by atoms with van der Waals surface area (Å²) in [7, 11) is 0. The number of aromatic nitrogens is 4.